The van der Waals surface area contributed by atoms with E-state index in [-0.39, 0.29) is 22.5 Å². The van der Waals surface area contributed by atoms with Crippen molar-refractivity contribution < 1.29 is 17.9 Å². The normalized spacial score (nSPS) is 17.6. The number of anilines is 5. The zero-order valence-corrected chi connectivity index (χ0v) is 23.3. The van der Waals surface area contributed by atoms with Gasteiger partial charge < -0.3 is 25.2 Å². The van der Waals surface area contributed by atoms with E-state index in [1.54, 1.807) is 7.11 Å². The summed E-state index contributed by atoms with van der Waals surface area (Å²) in [6.07, 6.45) is -0.949. The highest BCUT2D eigenvalue weighted by atomic mass is 35.5. The predicted octanol–water partition coefficient (Wildman–Crippen LogP) is 5.86. The molecule has 40 heavy (non-hydrogen) atoms. The number of ether oxygens (including phenoxy) is 1. The van der Waals surface area contributed by atoms with Gasteiger partial charge in [0.05, 0.1) is 30.2 Å². The lowest BCUT2D eigenvalue weighted by Crippen LogP contribution is -2.52. The molecule has 2 aromatic carbocycles. The van der Waals surface area contributed by atoms with E-state index in [1.807, 2.05) is 18.2 Å². The molecular formula is C28H33ClF3N7O. The van der Waals surface area contributed by atoms with E-state index >= 15 is 0 Å². The topological polar surface area (TPSA) is 68.8 Å². The number of piperazine rings is 1. The number of methoxy groups -OCH3 is 1. The van der Waals surface area contributed by atoms with Gasteiger partial charge in [-0.3, -0.25) is 4.90 Å². The van der Waals surface area contributed by atoms with Crippen LogP contribution in [0.2, 0.25) is 5.02 Å². The summed E-state index contributed by atoms with van der Waals surface area (Å²) in [5.41, 5.74) is 0.730. The van der Waals surface area contributed by atoms with Crippen molar-refractivity contribution in [3.8, 4) is 5.75 Å². The number of halogens is 4. The predicted molar refractivity (Wildman–Crippen MR) is 152 cm³/mol. The van der Waals surface area contributed by atoms with Crippen molar-refractivity contribution in [3.63, 3.8) is 0 Å². The van der Waals surface area contributed by atoms with Crippen LogP contribution in [0.1, 0.15) is 18.4 Å². The molecule has 2 aliphatic heterocycles. The molecule has 3 heterocycles. The summed E-state index contributed by atoms with van der Waals surface area (Å²) >= 11 is 6.22. The highest BCUT2D eigenvalue weighted by molar-refractivity contribution is 6.32. The van der Waals surface area contributed by atoms with Gasteiger partial charge in [-0.1, -0.05) is 23.7 Å². The first-order valence-corrected chi connectivity index (χ1v) is 13.7. The highest BCUT2D eigenvalue weighted by Gasteiger charge is 2.33. The van der Waals surface area contributed by atoms with Gasteiger partial charge in [-0.15, -0.1) is 0 Å². The van der Waals surface area contributed by atoms with Gasteiger partial charge in [0, 0.05) is 57.1 Å². The lowest BCUT2D eigenvalue weighted by molar-refractivity contribution is -0.136. The van der Waals surface area contributed by atoms with Crippen molar-refractivity contribution in [2.24, 2.45) is 0 Å². The number of benzene rings is 2. The molecule has 3 aromatic rings. The average Bonchev–Trinajstić information content (AvgIpc) is 2.95. The summed E-state index contributed by atoms with van der Waals surface area (Å²) in [6.45, 7) is 6.47. The van der Waals surface area contributed by atoms with Gasteiger partial charge in [0.2, 0.25) is 5.95 Å². The molecule has 2 fully saturated rings. The van der Waals surface area contributed by atoms with E-state index in [1.165, 1.54) is 24.4 Å². The Morgan fingerprint density at radius 1 is 0.950 bits per heavy atom. The molecule has 2 N–H and O–H groups in total. The highest BCUT2D eigenvalue weighted by Crippen LogP contribution is 2.37. The maximum atomic E-state index is 13.4. The number of likely N-dealkylation sites (N-methyl/N-ethyl adjacent to an activating group) is 1. The van der Waals surface area contributed by atoms with E-state index in [0.29, 0.717) is 17.5 Å². The van der Waals surface area contributed by atoms with Crippen LogP contribution in [-0.2, 0) is 6.18 Å². The number of aromatic nitrogens is 2. The van der Waals surface area contributed by atoms with E-state index < -0.39 is 11.7 Å². The Hall–Kier alpha value is -3.28. The lowest BCUT2D eigenvalue weighted by Gasteiger charge is -2.42. The first-order chi connectivity index (χ1) is 19.2. The molecule has 0 unspecified atom stereocenters. The molecule has 5 rings (SSSR count). The Morgan fingerprint density at radius 2 is 1.68 bits per heavy atom. The fraction of sp³-hybridized carbons (Fsp3) is 0.429. The van der Waals surface area contributed by atoms with Crippen molar-refractivity contribution in [1.29, 1.82) is 0 Å². The van der Waals surface area contributed by atoms with Gasteiger partial charge in [0.1, 0.15) is 10.8 Å². The van der Waals surface area contributed by atoms with E-state index in [0.717, 1.165) is 63.9 Å². The number of nitrogens with one attached hydrogen (secondary N) is 2. The van der Waals surface area contributed by atoms with Crippen molar-refractivity contribution in [2.45, 2.75) is 25.1 Å². The maximum absolute atomic E-state index is 13.4. The summed E-state index contributed by atoms with van der Waals surface area (Å²) in [7, 11) is 3.77. The summed E-state index contributed by atoms with van der Waals surface area (Å²) in [5.74, 6) is 0.819. The fourth-order valence-electron chi connectivity index (χ4n) is 5.26. The standard InChI is InChI=1S/C28H33ClF3N7O/c1-37-13-15-39(16-14-37)19-9-11-38(12-10-19)20-7-8-24(25(17-20)40-2)35-27-33-18-22(29)26(36-27)34-23-6-4-3-5-21(23)28(30,31)32/h3-8,17-19H,9-16H2,1-2H3,(H2,33,34,35,36). The molecule has 2 saturated heterocycles. The van der Waals surface area contributed by atoms with E-state index in [4.69, 9.17) is 16.3 Å². The molecule has 0 amide bonds. The second-order valence-electron chi connectivity index (χ2n) is 10.1. The van der Waals surface area contributed by atoms with Crippen molar-refractivity contribution in [3.05, 3.63) is 59.2 Å². The van der Waals surface area contributed by atoms with Gasteiger partial charge >= 0.3 is 6.18 Å². The zero-order valence-electron chi connectivity index (χ0n) is 22.5. The van der Waals surface area contributed by atoms with Gasteiger partial charge in [-0.2, -0.15) is 18.2 Å². The van der Waals surface area contributed by atoms with E-state index in [9.17, 15) is 13.2 Å². The van der Waals surface area contributed by atoms with Gasteiger partial charge in [-0.05, 0) is 44.2 Å². The van der Waals surface area contributed by atoms with Crippen LogP contribution in [0.5, 0.6) is 5.75 Å². The summed E-state index contributed by atoms with van der Waals surface area (Å²) in [5, 5.41) is 5.89. The SMILES string of the molecule is COc1cc(N2CCC(N3CCN(C)CC3)CC2)ccc1Nc1ncc(Cl)c(Nc2ccccc2C(F)(F)F)n1. The number of rotatable bonds is 7. The third-order valence-electron chi connectivity index (χ3n) is 7.55. The molecule has 8 nitrogen and oxygen atoms in total. The van der Waals surface area contributed by atoms with Crippen molar-refractivity contribution >= 4 is 40.4 Å². The smallest absolute Gasteiger partial charge is 0.418 e. The Morgan fingerprint density at radius 3 is 2.38 bits per heavy atom. The van der Waals surface area contributed by atoms with Crippen LogP contribution in [0.3, 0.4) is 0 Å². The maximum Gasteiger partial charge on any atom is 0.418 e. The Kier molecular flexibility index (Phi) is 8.53. The van der Waals surface area contributed by atoms with Crippen LogP contribution in [-0.4, -0.2) is 79.2 Å². The molecule has 0 radical (unpaired) electrons. The molecular weight excluding hydrogens is 543 g/mol. The summed E-state index contributed by atoms with van der Waals surface area (Å²) in [4.78, 5) is 15.9. The molecule has 0 bridgehead atoms. The van der Waals surface area contributed by atoms with Crippen LogP contribution >= 0.6 is 11.6 Å². The minimum absolute atomic E-state index is 0.0506. The molecule has 214 valence electrons. The van der Waals surface area contributed by atoms with E-state index in [2.05, 4.69) is 42.3 Å². The monoisotopic (exact) mass is 575 g/mol. The van der Waals surface area contributed by atoms with Crippen LogP contribution in [0.15, 0.2) is 48.7 Å². The minimum Gasteiger partial charge on any atom is -0.494 e. The molecule has 2 aliphatic rings. The quantitative estimate of drug-likeness (QED) is 0.363. The Balaban J connectivity index is 1.27. The van der Waals surface area contributed by atoms with Crippen molar-refractivity contribution in [1.82, 2.24) is 19.8 Å². The largest absolute Gasteiger partial charge is 0.494 e. The number of nitrogens with zero attached hydrogens (tertiary/aromatic N) is 5. The number of para-hydroxylation sites is 1. The molecule has 0 saturated carbocycles. The Bertz CT molecular complexity index is 1310. The molecule has 0 atom stereocenters. The van der Waals surface area contributed by atoms with Gasteiger partial charge in [0.15, 0.2) is 5.82 Å². The van der Waals surface area contributed by atoms with Crippen LogP contribution < -0.4 is 20.3 Å². The number of hydrogen-bond donors (Lipinski definition) is 2. The Labute approximate surface area is 237 Å². The number of alkyl halides is 3. The lowest BCUT2D eigenvalue weighted by atomic mass is 10.0. The fourth-order valence-corrected chi connectivity index (χ4v) is 5.40. The number of piperidine rings is 1. The van der Waals surface area contributed by atoms with Crippen LogP contribution in [0.25, 0.3) is 0 Å². The zero-order chi connectivity index (χ0) is 28.3. The van der Waals surface area contributed by atoms with Gasteiger partial charge in [0.25, 0.3) is 0 Å². The first kappa shape index (κ1) is 28.3. The third-order valence-corrected chi connectivity index (χ3v) is 7.82. The molecule has 12 heteroatoms. The summed E-state index contributed by atoms with van der Waals surface area (Å²) in [6, 6.07) is 11.7. The van der Waals surface area contributed by atoms with Crippen LogP contribution in [0.4, 0.5) is 42.0 Å². The molecule has 1 aromatic heterocycles. The molecule has 0 aliphatic carbocycles. The number of hydrogen-bond acceptors (Lipinski definition) is 8. The summed E-state index contributed by atoms with van der Waals surface area (Å²) < 4.78 is 46.0. The average molecular weight is 576 g/mol. The third kappa shape index (κ3) is 6.54. The van der Waals surface area contributed by atoms with Crippen LogP contribution in [0, 0.1) is 0 Å². The second kappa shape index (κ2) is 12.1. The second-order valence-corrected chi connectivity index (χ2v) is 10.5. The minimum atomic E-state index is -4.53. The first-order valence-electron chi connectivity index (χ1n) is 13.3. The van der Waals surface area contributed by atoms with Gasteiger partial charge in [-0.25, -0.2) is 4.98 Å². The molecule has 0 spiro atoms. The van der Waals surface area contributed by atoms with Crippen molar-refractivity contribution in [2.75, 3.05) is 69.0 Å².